The molecule has 0 bridgehead atoms. The van der Waals surface area contributed by atoms with Crippen molar-refractivity contribution in [3.8, 4) is 11.4 Å². The van der Waals surface area contributed by atoms with E-state index in [1.807, 2.05) is 6.92 Å². The van der Waals surface area contributed by atoms with Gasteiger partial charge in [-0.25, -0.2) is 13.8 Å². The number of aryl methyl sites for hydroxylation is 1. The average Bonchev–Trinajstić information content (AvgIpc) is 2.78. The van der Waals surface area contributed by atoms with Crippen LogP contribution in [0, 0.1) is 5.82 Å². The predicted molar refractivity (Wildman–Crippen MR) is 120 cm³/mol. The Labute approximate surface area is 189 Å². The quantitative estimate of drug-likeness (QED) is 0.558. The number of hydrogen-bond acceptors (Lipinski definition) is 4. The zero-order valence-corrected chi connectivity index (χ0v) is 18.5. The number of nitrogens with one attached hydrogen (secondary N) is 1. The minimum atomic E-state index is -0.751. The minimum absolute atomic E-state index is 0.00929. The highest BCUT2D eigenvalue weighted by atomic mass is 35.5. The maximum absolute atomic E-state index is 13.3. The van der Waals surface area contributed by atoms with Crippen LogP contribution in [0.3, 0.4) is 0 Å². The lowest BCUT2D eigenvalue weighted by molar-refractivity contribution is 0.0948. The molecule has 1 heterocycles. The van der Waals surface area contributed by atoms with Gasteiger partial charge in [0.2, 0.25) is 0 Å². The van der Waals surface area contributed by atoms with E-state index in [4.69, 9.17) is 16.3 Å². The number of nitrogens with zero attached hydrogens (tertiary/aromatic N) is 2. The van der Waals surface area contributed by atoms with E-state index in [-0.39, 0.29) is 17.1 Å². The van der Waals surface area contributed by atoms with Crippen LogP contribution < -0.4 is 21.3 Å². The fourth-order valence-electron chi connectivity index (χ4n) is 3.16. The molecular formula is C23H23ClFN3O4. The van der Waals surface area contributed by atoms with E-state index < -0.39 is 23.0 Å². The van der Waals surface area contributed by atoms with E-state index in [0.717, 1.165) is 17.1 Å². The van der Waals surface area contributed by atoms with Gasteiger partial charge in [-0.2, -0.15) is 0 Å². The van der Waals surface area contributed by atoms with Crippen molar-refractivity contribution in [3.63, 3.8) is 0 Å². The molecule has 0 fully saturated rings. The molecule has 0 radical (unpaired) electrons. The molecule has 1 aromatic heterocycles. The van der Waals surface area contributed by atoms with Gasteiger partial charge in [0.25, 0.3) is 11.5 Å². The Bertz CT molecular complexity index is 1250. The molecule has 2 aromatic carbocycles. The fourth-order valence-corrected chi connectivity index (χ4v) is 3.39. The van der Waals surface area contributed by atoms with Crippen molar-refractivity contribution < 1.29 is 13.9 Å². The molecule has 0 spiro atoms. The SMILES string of the molecule is CCCCn1cc(C(=O)NCc2ccc(F)cc2Cl)c(=O)n(-c2cccc(OC)c2)c1=O. The fraction of sp³-hybridized carbons (Fsp3) is 0.261. The third-order valence-electron chi connectivity index (χ3n) is 4.92. The van der Waals surface area contributed by atoms with Gasteiger partial charge in [0.15, 0.2) is 0 Å². The summed E-state index contributed by atoms with van der Waals surface area (Å²) in [5.74, 6) is -0.693. The van der Waals surface area contributed by atoms with Crippen molar-refractivity contribution >= 4 is 17.5 Å². The highest BCUT2D eigenvalue weighted by molar-refractivity contribution is 6.31. The van der Waals surface area contributed by atoms with Crippen LogP contribution in [0.15, 0.2) is 58.3 Å². The van der Waals surface area contributed by atoms with Gasteiger partial charge in [-0.05, 0) is 36.2 Å². The van der Waals surface area contributed by atoms with Crippen LogP contribution in [0.4, 0.5) is 4.39 Å². The van der Waals surface area contributed by atoms with Crippen LogP contribution >= 0.6 is 11.6 Å². The van der Waals surface area contributed by atoms with Crippen molar-refractivity contribution in [2.45, 2.75) is 32.9 Å². The molecule has 0 unspecified atom stereocenters. The number of methoxy groups -OCH3 is 1. The number of halogens is 2. The van der Waals surface area contributed by atoms with E-state index in [9.17, 15) is 18.8 Å². The first-order valence-corrected chi connectivity index (χ1v) is 10.5. The Morgan fingerprint density at radius 3 is 2.66 bits per heavy atom. The van der Waals surface area contributed by atoms with Crippen LogP contribution in [0.1, 0.15) is 35.7 Å². The lowest BCUT2D eigenvalue weighted by Gasteiger charge is -2.14. The monoisotopic (exact) mass is 459 g/mol. The van der Waals surface area contributed by atoms with Crippen molar-refractivity contribution in [3.05, 3.63) is 91.5 Å². The van der Waals surface area contributed by atoms with E-state index >= 15 is 0 Å². The molecule has 1 N–H and O–H groups in total. The zero-order chi connectivity index (χ0) is 23.3. The normalized spacial score (nSPS) is 10.8. The first kappa shape index (κ1) is 23.3. The van der Waals surface area contributed by atoms with Crippen LogP contribution in [0.25, 0.3) is 5.69 Å². The Morgan fingerprint density at radius 1 is 1.19 bits per heavy atom. The first-order chi connectivity index (χ1) is 15.3. The third kappa shape index (κ3) is 5.08. The molecule has 1 amide bonds. The Balaban J connectivity index is 2.03. The van der Waals surface area contributed by atoms with E-state index in [1.54, 1.807) is 24.3 Å². The van der Waals surface area contributed by atoms with Crippen LogP contribution in [0.5, 0.6) is 5.75 Å². The maximum Gasteiger partial charge on any atom is 0.335 e. The summed E-state index contributed by atoms with van der Waals surface area (Å²) >= 11 is 6.01. The Kier molecular flexibility index (Phi) is 7.48. The van der Waals surface area contributed by atoms with E-state index in [2.05, 4.69) is 5.32 Å². The maximum atomic E-state index is 13.3. The van der Waals surface area contributed by atoms with E-state index in [0.29, 0.717) is 30.0 Å². The number of hydrogen-bond donors (Lipinski definition) is 1. The molecule has 3 aromatic rings. The van der Waals surface area contributed by atoms with Gasteiger partial charge in [0.1, 0.15) is 17.1 Å². The van der Waals surface area contributed by atoms with Crippen molar-refractivity contribution in [1.82, 2.24) is 14.5 Å². The van der Waals surface area contributed by atoms with E-state index in [1.165, 1.54) is 30.0 Å². The number of carbonyl (C=O) groups excluding carboxylic acids is 1. The summed E-state index contributed by atoms with van der Waals surface area (Å²) in [4.78, 5) is 39.1. The van der Waals surface area contributed by atoms with Gasteiger partial charge < -0.3 is 10.1 Å². The van der Waals surface area contributed by atoms with Crippen LogP contribution in [0.2, 0.25) is 5.02 Å². The highest BCUT2D eigenvalue weighted by Crippen LogP contribution is 2.17. The number of amides is 1. The van der Waals surface area contributed by atoms with Gasteiger partial charge in [-0.15, -0.1) is 0 Å². The standard InChI is InChI=1S/C23H23ClFN3O4/c1-3-4-10-27-14-19(21(29)26-13-15-8-9-16(25)11-20(15)24)22(30)28(23(27)31)17-6-5-7-18(12-17)32-2/h5-9,11-12,14H,3-4,10,13H2,1-2H3,(H,26,29). The van der Waals surface area contributed by atoms with Gasteiger partial charge >= 0.3 is 5.69 Å². The number of aromatic nitrogens is 2. The number of rotatable bonds is 8. The Hall–Kier alpha value is -3.39. The van der Waals surface area contributed by atoms with Gasteiger partial charge in [0, 0.05) is 30.4 Å². The molecule has 168 valence electrons. The lowest BCUT2D eigenvalue weighted by atomic mass is 10.2. The van der Waals surface area contributed by atoms with Crippen molar-refractivity contribution in [2.24, 2.45) is 0 Å². The molecule has 7 nitrogen and oxygen atoms in total. The number of unbranched alkanes of at least 4 members (excludes halogenated alkanes) is 1. The molecule has 0 atom stereocenters. The summed E-state index contributed by atoms with van der Waals surface area (Å²) in [7, 11) is 1.48. The number of ether oxygens (including phenoxy) is 1. The molecule has 0 aliphatic rings. The highest BCUT2D eigenvalue weighted by Gasteiger charge is 2.19. The topological polar surface area (TPSA) is 82.3 Å². The number of benzene rings is 2. The predicted octanol–water partition coefficient (Wildman–Crippen LogP) is 3.53. The largest absolute Gasteiger partial charge is 0.497 e. The summed E-state index contributed by atoms with van der Waals surface area (Å²) in [6, 6.07) is 10.3. The first-order valence-electron chi connectivity index (χ1n) is 10.1. The molecule has 0 saturated heterocycles. The summed E-state index contributed by atoms with van der Waals surface area (Å²) in [5.41, 5.74) is -0.704. The van der Waals surface area contributed by atoms with Crippen molar-refractivity contribution in [1.29, 1.82) is 0 Å². The second-order valence-corrected chi connectivity index (χ2v) is 7.54. The summed E-state index contributed by atoms with van der Waals surface area (Å²) in [6.45, 7) is 2.32. The molecule has 0 aliphatic heterocycles. The second-order valence-electron chi connectivity index (χ2n) is 7.13. The van der Waals surface area contributed by atoms with Crippen molar-refractivity contribution in [2.75, 3.05) is 7.11 Å². The average molecular weight is 460 g/mol. The summed E-state index contributed by atoms with van der Waals surface area (Å²) in [6.07, 6.45) is 2.80. The van der Waals surface area contributed by atoms with Crippen LogP contribution in [-0.2, 0) is 13.1 Å². The van der Waals surface area contributed by atoms with Crippen LogP contribution in [-0.4, -0.2) is 22.2 Å². The molecule has 3 rings (SSSR count). The van der Waals surface area contributed by atoms with Gasteiger partial charge in [0.05, 0.1) is 12.8 Å². The van der Waals surface area contributed by atoms with Gasteiger partial charge in [-0.1, -0.05) is 37.1 Å². The van der Waals surface area contributed by atoms with Gasteiger partial charge in [-0.3, -0.25) is 14.2 Å². The summed E-state index contributed by atoms with van der Waals surface area (Å²) < 4.78 is 20.8. The molecule has 9 heteroatoms. The summed E-state index contributed by atoms with van der Waals surface area (Å²) in [5, 5.41) is 2.78. The molecular weight excluding hydrogens is 437 g/mol. The molecule has 0 aliphatic carbocycles. The lowest BCUT2D eigenvalue weighted by Crippen LogP contribution is -2.43. The third-order valence-corrected chi connectivity index (χ3v) is 5.27. The Morgan fingerprint density at radius 2 is 1.97 bits per heavy atom. The number of carbonyl (C=O) groups is 1. The zero-order valence-electron chi connectivity index (χ0n) is 17.7. The smallest absolute Gasteiger partial charge is 0.335 e. The molecule has 0 saturated carbocycles. The molecule has 32 heavy (non-hydrogen) atoms. The minimum Gasteiger partial charge on any atom is -0.497 e. The second kappa shape index (κ2) is 10.3.